The summed E-state index contributed by atoms with van der Waals surface area (Å²) in [5.74, 6) is -0.792. The van der Waals surface area contributed by atoms with E-state index in [1.54, 1.807) is 12.1 Å². The van der Waals surface area contributed by atoms with Crippen molar-refractivity contribution in [2.75, 3.05) is 10.2 Å². The molecule has 0 atom stereocenters. The van der Waals surface area contributed by atoms with Gasteiger partial charge in [-0.25, -0.2) is 0 Å². The lowest BCUT2D eigenvalue weighted by molar-refractivity contribution is -0.121. The van der Waals surface area contributed by atoms with Gasteiger partial charge in [0.15, 0.2) is 5.76 Å². The second-order valence-corrected chi connectivity index (χ2v) is 5.13. The molecule has 0 saturated carbocycles. The zero-order chi connectivity index (χ0) is 15.7. The lowest BCUT2D eigenvalue weighted by atomic mass is 10.2. The number of nitrogens with one attached hydrogen (secondary N) is 1. The highest BCUT2D eigenvalue weighted by molar-refractivity contribution is 6.34. The van der Waals surface area contributed by atoms with Gasteiger partial charge in [-0.3, -0.25) is 19.3 Å². The monoisotopic (exact) mass is 318 g/mol. The topological polar surface area (TPSA) is 79.6 Å². The van der Waals surface area contributed by atoms with Crippen molar-refractivity contribution in [3.05, 3.63) is 47.4 Å². The number of imide groups is 1. The van der Waals surface area contributed by atoms with Crippen molar-refractivity contribution in [1.29, 1.82) is 0 Å². The molecule has 2 heterocycles. The summed E-state index contributed by atoms with van der Waals surface area (Å²) in [6.45, 7) is 0. The number of carbonyl (C=O) groups excluding carboxylic acids is 3. The summed E-state index contributed by atoms with van der Waals surface area (Å²) < 4.78 is 4.99. The van der Waals surface area contributed by atoms with Crippen molar-refractivity contribution in [3.63, 3.8) is 0 Å². The van der Waals surface area contributed by atoms with Gasteiger partial charge in [0.2, 0.25) is 11.8 Å². The van der Waals surface area contributed by atoms with E-state index in [4.69, 9.17) is 16.0 Å². The molecule has 0 unspecified atom stereocenters. The van der Waals surface area contributed by atoms with E-state index in [1.165, 1.54) is 24.5 Å². The van der Waals surface area contributed by atoms with E-state index in [1.807, 2.05) is 0 Å². The van der Waals surface area contributed by atoms with Gasteiger partial charge in [-0.15, -0.1) is 0 Å². The zero-order valence-electron chi connectivity index (χ0n) is 11.3. The third kappa shape index (κ3) is 2.60. The summed E-state index contributed by atoms with van der Waals surface area (Å²) in [6.07, 6.45) is 1.80. The molecule has 1 aliphatic rings. The Bertz CT molecular complexity index is 739. The van der Waals surface area contributed by atoms with Crippen LogP contribution in [0.4, 0.5) is 11.4 Å². The van der Waals surface area contributed by atoms with Crippen molar-refractivity contribution < 1.29 is 18.8 Å². The molecule has 6 nitrogen and oxygen atoms in total. The Hall–Kier alpha value is -2.60. The van der Waals surface area contributed by atoms with E-state index in [2.05, 4.69) is 5.32 Å². The Morgan fingerprint density at radius 2 is 1.91 bits per heavy atom. The molecule has 2 aromatic rings. The highest BCUT2D eigenvalue weighted by atomic mass is 35.5. The molecular weight excluding hydrogens is 308 g/mol. The molecule has 1 fully saturated rings. The second-order valence-electron chi connectivity index (χ2n) is 4.72. The molecule has 0 bridgehead atoms. The fraction of sp³-hybridized carbons (Fsp3) is 0.133. The number of hydrogen-bond donors (Lipinski definition) is 1. The van der Waals surface area contributed by atoms with Crippen LogP contribution in [0.15, 0.2) is 41.0 Å². The molecule has 3 rings (SSSR count). The van der Waals surface area contributed by atoms with E-state index in [0.717, 1.165) is 4.90 Å². The molecule has 1 saturated heterocycles. The van der Waals surface area contributed by atoms with Crippen molar-refractivity contribution in [3.8, 4) is 0 Å². The zero-order valence-corrected chi connectivity index (χ0v) is 12.1. The van der Waals surface area contributed by atoms with Crippen LogP contribution in [0, 0.1) is 0 Å². The number of carbonyl (C=O) groups is 3. The van der Waals surface area contributed by atoms with Crippen LogP contribution in [0.5, 0.6) is 0 Å². The van der Waals surface area contributed by atoms with Gasteiger partial charge >= 0.3 is 0 Å². The van der Waals surface area contributed by atoms with Crippen LogP contribution in [-0.2, 0) is 9.59 Å². The molecule has 112 valence electrons. The minimum Gasteiger partial charge on any atom is -0.459 e. The van der Waals surface area contributed by atoms with Gasteiger partial charge in [-0.05, 0) is 30.3 Å². The van der Waals surface area contributed by atoms with E-state index in [0.29, 0.717) is 11.4 Å². The Morgan fingerprint density at radius 3 is 2.50 bits per heavy atom. The molecule has 7 heteroatoms. The van der Waals surface area contributed by atoms with Gasteiger partial charge < -0.3 is 9.73 Å². The predicted octanol–water partition coefficient (Wildman–Crippen LogP) is 2.84. The smallest absolute Gasteiger partial charge is 0.291 e. The molecule has 0 radical (unpaired) electrons. The van der Waals surface area contributed by atoms with Gasteiger partial charge in [-0.1, -0.05) is 11.6 Å². The van der Waals surface area contributed by atoms with Gasteiger partial charge in [0.1, 0.15) is 0 Å². The van der Waals surface area contributed by atoms with Crippen LogP contribution in [0.1, 0.15) is 23.4 Å². The van der Waals surface area contributed by atoms with Gasteiger partial charge in [0.25, 0.3) is 5.91 Å². The van der Waals surface area contributed by atoms with E-state index in [-0.39, 0.29) is 35.4 Å². The Balaban J connectivity index is 1.82. The molecule has 22 heavy (non-hydrogen) atoms. The minimum atomic E-state index is -0.437. The Labute approximate surface area is 130 Å². The maximum atomic E-state index is 11.9. The van der Waals surface area contributed by atoms with Crippen LogP contribution < -0.4 is 10.2 Å². The highest BCUT2D eigenvalue weighted by Gasteiger charge is 2.30. The average Bonchev–Trinajstić information content (AvgIpc) is 3.12. The van der Waals surface area contributed by atoms with Crippen molar-refractivity contribution in [1.82, 2.24) is 0 Å². The number of amides is 3. The summed E-state index contributed by atoms with van der Waals surface area (Å²) in [5, 5.41) is 2.83. The largest absolute Gasteiger partial charge is 0.459 e. The Morgan fingerprint density at radius 1 is 1.18 bits per heavy atom. The summed E-state index contributed by atoms with van der Waals surface area (Å²) in [6, 6.07) is 7.70. The normalized spacial score (nSPS) is 14.5. The molecule has 1 aromatic heterocycles. The second kappa shape index (κ2) is 5.65. The summed E-state index contributed by atoms with van der Waals surface area (Å²) in [7, 11) is 0. The fourth-order valence-corrected chi connectivity index (χ4v) is 2.42. The van der Waals surface area contributed by atoms with Crippen molar-refractivity contribution in [2.45, 2.75) is 12.8 Å². The molecule has 3 amide bonds. The maximum absolute atomic E-state index is 11.9. The first kappa shape index (κ1) is 14.3. The van der Waals surface area contributed by atoms with Crippen LogP contribution in [-0.4, -0.2) is 17.7 Å². The fourth-order valence-electron chi connectivity index (χ4n) is 2.20. The number of nitrogens with zero attached hydrogens (tertiary/aromatic N) is 1. The van der Waals surface area contributed by atoms with E-state index in [9.17, 15) is 14.4 Å². The first-order chi connectivity index (χ1) is 10.6. The summed E-state index contributed by atoms with van der Waals surface area (Å²) >= 11 is 6.11. The van der Waals surface area contributed by atoms with Crippen LogP contribution >= 0.6 is 11.6 Å². The summed E-state index contributed by atoms with van der Waals surface area (Å²) in [4.78, 5) is 36.4. The molecule has 0 aliphatic carbocycles. The quantitative estimate of drug-likeness (QED) is 0.882. The minimum absolute atomic E-state index is 0.157. The number of halogens is 1. The van der Waals surface area contributed by atoms with Gasteiger partial charge in [-0.2, -0.15) is 0 Å². The van der Waals surface area contributed by atoms with Gasteiger partial charge in [0.05, 0.1) is 22.7 Å². The third-order valence-electron chi connectivity index (χ3n) is 3.26. The molecule has 0 spiro atoms. The van der Waals surface area contributed by atoms with Crippen LogP contribution in [0.3, 0.4) is 0 Å². The molecular formula is C15H11ClN2O4. The standard InChI is InChI=1S/C15H11ClN2O4/c16-10-8-9(18-13(19)5-6-14(18)20)3-4-11(10)17-15(21)12-2-1-7-22-12/h1-4,7-8H,5-6H2,(H,17,21). The lowest BCUT2D eigenvalue weighted by Crippen LogP contribution is -2.28. The van der Waals surface area contributed by atoms with Crippen molar-refractivity contribution >= 4 is 40.7 Å². The van der Waals surface area contributed by atoms with Gasteiger partial charge in [0, 0.05) is 12.8 Å². The number of benzene rings is 1. The molecule has 1 N–H and O–H groups in total. The first-order valence-corrected chi connectivity index (χ1v) is 6.94. The highest BCUT2D eigenvalue weighted by Crippen LogP contribution is 2.30. The third-order valence-corrected chi connectivity index (χ3v) is 3.57. The molecule has 1 aliphatic heterocycles. The Kier molecular flexibility index (Phi) is 3.68. The lowest BCUT2D eigenvalue weighted by Gasteiger charge is -2.15. The number of furan rings is 1. The number of anilines is 2. The average molecular weight is 319 g/mol. The predicted molar refractivity (Wildman–Crippen MR) is 79.8 cm³/mol. The van der Waals surface area contributed by atoms with E-state index >= 15 is 0 Å². The number of hydrogen-bond acceptors (Lipinski definition) is 4. The first-order valence-electron chi connectivity index (χ1n) is 6.56. The van der Waals surface area contributed by atoms with E-state index < -0.39 is 5.91 Å². The van der Waals surface area contributed by atoms with Crippen molar-refractivity contribution in [2.24, 2.45) is 0 Å². The molecule has 1 aromatic carbocycles. The maximum Gasteiger partial charge on any atom is 0.291 e. The van der Waals surface area contributed by atoms with Crippen LogP contribution in [0.2, 0.25) is 5.02 Å². The SMILES string of the molecule is O=C(Nc1ccc(N2C(=O)CCC2=O)cc1Cl)c1ccco1. The summed E-state index contributed by atoms with van der Waals surface area (Å²) in [5.41, 5.74) is 0.763. The van der Waals surface area contributed by atoms with Crippen LogP contribution in [0.25, 0.3) is 0 Å². The number of rotatable bonds is 3.